The fourth-order valence-corrected chi connectivity index (χ4v) is 1.48. The molecule has 10 heteroatoms. The number of rotatable bonds is 4. The Labute approximate surface area is 116 Å². The molecule has 2 N–H and O–H groups in total. The fourth-order valence-electron chi connectivity index (χ4n) is 1.48. The summed E-state index contributed by atoms with van der Waals surface area (Å²) in [5, 5.41) is 10.5. The van der Waals surface area contributed by atoms with Crippen LogP contribution in [0.15, 0.2) is 18.5 Å². The second-order valence-corrected chi connectivity index (χ2v) is 3.69. The number of halogens is 2. The third-order valence-corrected chi connectivity index (χ3v) is 2.41. The van der Waals surface area contributed by atoms with Crippen LogP contribution in [0.5, 0.6) is 17.4 Å². The molecule has 21 heavy (non-hydrogen) atoms. The molecule has 0 saturated carbocycles. The summed E-state index contributed by atoms with van der Waals surface area (Å²) < 4.78 is 37.1. The smallest absolute Gasteiger partial charge is 0.307 e. The number of nitrogen functional groups attached to an aromatic ring is 1. The topological polar surface area (TPSA) is 113 Å². The summed E-state index contributed by atoms with van der Waals surface area (Å²) in [4.78, 5) is 16.7. The molecule has 8 nitrogen and oxygen atoms in total. The number of ether oxygens (including phenoxy) is 2. The van der Waals surface area contributed by atoms with Crippen LogP contribution in [0.25, 0.3) is 0 Å². The second kappa shape index (κ2) is 5.53. The lowest BCUT2D eigenvalue weighted by Gasteiger charge is -2.10. The maximum Gasteiger partial charge on any atom is 0.307 e. The van der Waals surface area contributed by atoms with Crippen molar-refractivity contribution < 1.29 is 23.2 Å². The lowest BCUT2D eigenvalue weighted by atomic mass is 10.3. The molecule has 0 spiro atoms. The van der Waals surface area contributed by atoms with Crippen molar-refractivity contribution in [2.45, 2.75) is 0 Å². The van der Waals surface area contributed by atoms with E-state index >= 15 is 0 Å². The van der Waals surface area contributed by atoms with E-state index in [-0.39, 0.29) is 17.4 Å². The average Bonchev–Trinajstić information content (AvgIpc) is 2.42. The van der Waals surface area contributed by atoms with Crippen molar-refractivity contribution in [3.8, 4) is 17.4 Å². The maximum atomic E-state index is 13.7. The number of nitrogens with two attached hydrogens (primary N) is 1. The summed E-state index contributed by atoms with van der Waals surface area (Å²) >= 11 is 0. The number of aromatic nitrogens is 2. The van der Waals surface area contributed by atoms with Crippen LogP contribution in [0.3, 0.4) is 0 Å². The molecule has 0 unspecified atom stereocenters. The van der Waals surface area contributed by atoms with Gasteiger partial charge in [-0.25, -0.2) is 9.37 Å². The Morgan fingerprint density at radius 2 is 2.00 bits per heavy atom. The first-order valence-electron chi connectivity index (χ1n) is 5.39. The van der Waals surface area contributed by atoms with Crippen LogP contribution in [0, 0.1) is 21.7 Å². The van der Waals surface area contributed by atoms with Crippen molar-refractivity contribution in [2.75, 3.05) is 12.8 Å². The number of benzene rings is 1. The highest BCUT2D eigenvalue weighted by molar-refractivity contribution is 5.53. The zero-order valence-corrected chi connectivity index (χ0v) is 10.5. The minimum absolute atomic E-state index is 0.0645. The van der Waals surface area contributed by atoms with Gasteiger partial charge in [0.1, 0.15) is 6.33 Å². The molecule has 0 radical (unpaired) electrons. The highest BCUT2D eigenvalue weighted by Gasteiger charge is 2.21. The van der Waals surface area contributed by atoms with Crippen molar-refractivity contribution in [2.24, 2.45) is 0 Å². The molecule has 0 amide bonds. The van der Waals surface area contributed by atoms with E-state index in [2.05, 4.69) is 9.97 Å². The Balaban J connectivity index is 2.43. The van der Waals surface area contributed by atoms with Gasteiger partial charge in [0.05, 0.1) is 18.1 Å². The Kier molecular flexibility index (Phi) is 3.78. The molecule has 0 aliphatic rings. The Morgan fingerprint density at radius 3 is 2.62 bits per heavy atom. The van der Waals surface area contributed by atoms with E-state index in [0.29, 0.717) is 12.1 Å². The number of nitrogens with zero attached hydrogens (tertiary/aromatic N) is 3. The molecule has 0 saturated heterocycles. The monoisotopic (exact) mass is 298 g/mol. The Bertz CT molecular complexity index is 711. The van der Waals surface area contributed by atoms with Gasteiger partial charge in [0.15, 0.2) is 17.4 Å². The third-order valence-electron chi connectivity index (χ3n) is 2.41. The standard InChI is InChI=1S/C11H8F2N4O4/c1-20-9-10(14)15-4-16-11(9)21-8-3-5(12)7(17(18)19)2-6(8)13/h2-4H,1H3,(H2,14,15,16). The lowest BCUT2D eigenvalue weighted by Crippen LogP contribution is -2.02. The summed E-state index contributed by atoms with van der Waals surface area (Å²) in [7, 11) is 1.26. The minimum atomic E-state index is -1.25. The first kappa shape index (κ1) is 14.4. The summed E-state index contributed by atoms with van der Waals surface area (Å²) in [5.41, 5.74) is 4.50. The van der Waals surface area contributed by atoms with Crippen molar-refractivity contribution in [1.82, 2.24) is 9.97 Å². The van der Waals surface area contributed by atoms with Crippen LogP contribution < -0.4 is 15.2 Å². The summed E-state index contributed by atoms with van der Waals surface area (Å²) in [6.07, 6.45) is 1.03. The lowest BCUT2D eigenvalue weighted by molar-refractivity contribution is -0.387. The number of hydrogen-bond acceptors (Lipinski definition) is 7. The van der Waals surface area contributed by atoms with E-state index < -0.39 is 28.0 Å². The van der Waals surface area contributed by atoms with E-state index in [1.54, 1.807) is 0 Å². The van der Waals surface area contributed by atoms with Gasteiger partial charge >= 0.3 is 5.69 Å². The van der Waals surface area contributed by atoms with Crippen LogP contribution in [0.1, 0.15) is 0 Å². The molecule has 1 aromatic carbocycles. The van der Waals surface area contributed by atoms with E-state index in [0.717, 1.165) is 6.33 Å². The zero-order valence-electron chi connectivity index (χ0n) is 10.5. The number of hydrogen-bond donors (Lipinski definition) is 1. The first-order chi connectivity index (χ1) is 9.93. The van der Waals surface area contributed by atoms with Crippen molar-refractivity contribution in [3.05, 3.63) is 40.2 Å². The average molecular weight is 298 g/mol. The molecular formula is C11H8F2N4O4. The SMILES string of the molecule is COc1c(N)ncnc1Oc1cc(F)c([N+](=O)[O-])cc1F. The van der Waals surface area contributed by atoms with Crippen molar-refractivity contribution in [3.63, 3.8) is 0 Å². The van der Waals surface area contributed by atoms with Crippen molar-refractivity contribution >= 4 is 11.5 Å². The number of nitro groups is 1. The molecule has 1 heterocycles. The second-order valence-electron chi connectivity index (χ2n) is 3.69. The molecule has 0 fully saturated rings. The Hall–Kier alpha value is -3.04. The molecule has 2 aromatic rings. The minimum Gasteiger partial charge on any atom is -0.489 e. The fraction of sp³-hybridized carbons (Fsp3) is 0.0909. The van der Waals surface area contributed by atoms with Gasteiger partial charge < -0.3 is 15.2 Å². The number of anilines is 1. The molecular weight excluding hydrogens is 290 g/mol. The molecule has 0 bridgehead atoms. The van der Waals surface area contributed by atoms with Gasteiger partial charge in [-0.2, -0.15) is 9.37 Å². The predicted molar refractivity (Wildman–Crippen MR) is 66.1 cm³/mol. The van der Waals surface area contributed by atoms with Gasteiger partial charge in [-0.1, -0.05) is 0 Å². The van der Waals surface area contributed by atoms with Gasteiger partial charge in [0, 0.05) is 6.07 Å². The molecule has 2 rings (SSSR count). The molecule has 1 aromatic heterocycles. The normalized spacial score (nSPS) is 10.2. The van der Waals surface area contributed by atoms with Crippen LogP contribution in [0.2, 0.25) is 0 Å². The Morgan fingerprint density at radius 1 is 1.29 bits per heavy atom. The molecule has 0 aliphatic heterocycles. The van der Waals surface area contributed by atoms with E-state index in [1.807, 2.05) is 0 Å². The molecule has 110 valence electrons. The van der Waals surface area contributed by atoms with Gasteiger partial charge in [-0.05, 0) is 0 Å². The highest BCUT2D eigenvalue weighted by atomic mass is 19.1. The van der Waals surface area contributed by atoms with E-state index in [4.69, 9.17) is 15.2 Å². The van der Waals surface area contributed by atoms with Crippen LogP contribution >= 0.6 is 0 Å². The van der Waals surface area contributed by atoms with Gasteiger partial charge in [-0.3, -0.25) is 10.1 Å². The zero-order chi connectivity index (χ0) is 15.6. The van der Waals surface area contributed by atoms with Gasteiger partial charge in [-0.15, -0.1) is 0 Å². The number of nitro benzene ring substituents is 1. The van der Waals surface area contributed by atoms with E-state index in [9.17, 15) is 18.9 Å². The predicted octanol–water partition coefficient (Wildman–Crippen LogP) is 2.05. The van der Waals surface area contributed by atoms with Crippen LogP contribution in [0.4, 0.5) is 20.3 Å². The maximum absolute atomic E-state index is 13.7. The van der Waals surface area contributed by atoms with Crippen LogP contribution in [-0.4, -0.2) is 22.0 Å². The third kappa shape index (κ3) is 2.78. The number of methoxy groups -OCH3 is 1. The molecule has 0 aliphatic carbocycles. The first-order valence-corrected chi connectivity index (χ1v) is 5.39. The highest BCUT2D eigenvalue weighted by Crippen LogP contribution is 2.35. The summed E-state index contributed by atoms with van der Waals surface area (Å²) in [6, 6.07) is 0.937. The van der Waals surface area contributed by atoms with Crippen molar-refractivity contribution in [1.29, 1.82) is 0 Å². The summed E-state index contributed by atoms with van der Waals surface area (Å²) in [6.45, 7) is 0. The summed E-state index contributed by atoms with van der Waals surface area (Å²) in [5.74, 6) is -3.38. The van der Waals surface area contributed by atoms with Crippen LogP contribution in [-0.2, 0) is 0 Å². The van der Waals surface area contributed by atoms with Gasteiger partial charge in [0.2, 0.25) is 11.6 Å². The largest absolute Gasteiger partial charge is 0.489 e. The molecule has 0 atom stereocenters. The quantitative estimate of drug-likeness (QED) is 0.678. The van der Waals surface area contributed by atoms with E-state index in [1.165, 1.54) is 7.11 Å². The van der Waals surface area contributed by atoms with Gasteiger partial charge in [0.25, 0.3) is 5.88 Å².